The van der Waals surface area contributed by atoms with Gasteiger partial charge in [-0.3, -0.25) is 14.4 Å². The largest absolute Gasteiger partial charge is 0.394 e. The van der Waals surface area contributed by atoms with Gasteiger partial charge in [-0.15, -0.1) is 13.2 Å². The molecule has 3 saturated heterocycles. The van der Waals surface area contributed by atoms with Crippen LogP contribution in [-0.2, 0) is 19.1 Å². The Hall–Kier alpha value is -2.19. The lowest BCUT2D eigenvalue weighted by atomic mass is 9.62. The van der Waals surface area contributed by atoms with Crippen molar-refractivity contribution in [3.8, 4) is 0 Å². The summed E-state index contributed by atoms with van der Waals surface area (Å²) in [7, 11) is 1.69. The molecule has 3 aliphatic heterocycles. The van der Waals surface area contributed by atoms with Crippen molar-refractivity contribution in [3.63, 3.8) is 0 Å². The summed E-state index contributed by atoms with van der Waals surface area (Å²) in [5.41, 5.74) is -2.53. The Labute approximate surface area is 203 Å². The Kier molecular flexibility index (Phi) is 6.83. The summed E-state index contributed by atoms with van der Waals surface area (Å²) in [4.78, 5) is 46.6. The summed E-state index contributed by atoms with van der Waals surface area (Å²) in [6, 6.07) is -1.53. The van der Waals surface area contributed by atoms with E-state index in [0.29, 0.717) is 19.5 Å². The third kappa shape index (κ3) is 3.61. The van der Waals surface area contributed by atoms with Crippen LogP contribution in [0.3, 0.4) is 0 Å². The predicted octanol–water partition coefficient (Wildman–Crippen LogP) is 1.84. The van der Waals surface area contributed by atoms with E-state index in [4.69, 9.17) is 4.74 Å². The molecule has 0 radical (unpaired) electrons. The summed E-state index contributed by atoms with van der Waals surface area (Å²) in [6.07, 6.45) is 3.81. The van der Waals surface area contributed by atoms with Gasteiger partial charge in [-0.2, -0.15) is 0 Å². The third-order valence-electron chi connectivity index (χ3n) is 8.16. The number of likely N-dealkylation sites (tertiary alicyclic amines) is 1. The van der Waals surface area contributed by atoms with E-state index in [1.165, 1.54) is 4.90 Å². The zero-order valence-electron chi connectivity index (χ0n) is 21.7. The minimum Gasteiger partial charge on any atom is -0.394 e. The van der Waals surface area contributed by atoms with Gasteiger partial charge in [0.2, 0.25) is 17.7 Å². The van der Waals surface area contributed by atoms with E-state index in [-0.39, 0.29) is 30.2 Å². The Morgan fingerprint density at radius 3 is 2.35 bits per heavy atom. The number of nitrogens with zero attached hydrogens (tertiary/aromatic N) is 3. The lowest BCUT2D eigenvalue weighted by molar-refractivity contribution is -0.159. The topological polar surface area (TPSA) is 90.4 Å². The van der Waals surface area contributed by atoms with Crippen molar-refractivity contribution in [1.82, 2.24) is 14.7 Å². The van der Waals surface area contributed by atoms with Crippen molar-refractivity contribution < 1.29 is 24.2 Å². The first-order chi connectivity index (χ1) is 15.7. The number of ether oxygens (including phenoxy) is 1. The second-order valence-electron chi connectivity index (χ2n) is 11.4. The van der Waals surface area contributed by atoms with Crippen molar-refractivity contribution >= 4 is 17.7 Å². The van der Waals surface area contributed by atoms with Gasteiger partial charge in [0, 0.05) is 25.7 Å². The number of aliphatic hydroxyl groups is 1. The molecule has 1 N–H and O–H groups in total. The number of amides is 3. The predicted molar refractivity (Wildman–Crippen MR) is 130 cm³/mol. The molecule has 3 heterocycles. The number of fused-ring (bicyclic) bond motifs is 1. The fraction of sp³-hybridized carbons (Fsp3) is 0.731. The summed E-state index contributed by atoms with van der Waals surface area (Å²) in [5.74, 6) is -2.27. The van der Waals surface area contributed by atoms with Crippen LogP contribution in [-0.4, -0.2) is 93.1 Å². The Morgan fingerprint density at radius 1 is 1.26 bits per heavy atom. The molecule has 0 aliphatic carbocycles. The van der Waals surface area contributed by atoms with Crippen LogP contribution in [0.15, 0.2) is 25.3 Å². The molecule has 1 spiro atoms. The third-order valence-corrected chi connectivity index (χ3v) is 8.16. The highest BCUT2D eigenvalue weighted by molar-refractivity contribution is 5.99. The number of carbonyl (C=O) groups excluding carboxylic acids is 3. The van der Waals surface area contributed by atoms with Crippen molar-refractivity contribution in [1.29, 1.82) is 0 Å². The van der Waals surface area contributed by atoms with Crippen molar-refractivity contribution in [2.45, 2.75) is 76.8 Å². The monoisotopic (exact) mass is 475 g/mol. The lowest BCUT2D eigenvalue weighted by Crippen LogP contribution is -2.61. The molecular formula is C26H41N3O5. The van der Waals surface area contributed by atoms with Gasteiger partial charge in [0.25, 0.3) is 0 Å². The molecule has 34 heavy (non-hydrogen) atoms. The highest BCUT2D eigenvalue weighted by Gasteiger charge is 2.80. The molecule has 0 saturated carbocycles. The van der Waals surface area contributed by atoms with Gasteiger partial charge in [-0.05, 0) is 47.0 Å². The minimum absolute atomic E-state index is 0.0372. The molecule has 3 fully saturated rings. The van der Waals surface area contributed by atoms with Gasteiger partial charge in [-0.25, -0.2) is 0 Å². The molecular weight excluding hydrogens is 434 g/mol. The van der Waals surface area contributed by atoms with Crippen LogP contribution in [0.2, 0.25) is 0 Å². The van der Waals surface area contributed by atoms with Crippen LogP contribution in [0, 0.1) is 17.8 Å². The van der Waals surface area contributed by atoms with Gasteiger partial charge < -0.3 is 24.5 Å². The molecule has 8 heteroatoms. The fourth-order valence-electron chi connectivity index (χ4n) is 6.39. The van der Waals surface area contributed by atoms with Crippen LogP contribution in [0.4, 0.5) is 0 Å². The van der Waals surface area contributed by atoms with E-state index < -0.39 is 40.7 Å². The van der Waals surface area contributed by atoms with Crippen molar-refractivity contribution in [2.75, 3.05) is 26.7 Å². The highest BCUT2D eigenvalue weighted by atomic mass is 16.5. The maximum Gasteiger partial charge on any atom is 0.249 e. The van der Waals surface area contributed by atoms with Gasteiger partial charge in [-0.1, -0.05) is 19.1 Å². The molecule has 8 nitrogen and oxygen atoms in total. The zero-order chi connectivity index (χ0) is 25.8. The fourth-order valence-corrected chi connectivity index (χ4v) is 6.39. The Balaban J connectivity index is 2.19. The Morgan fingerprint density at radius 2 is 1.85 bits per heavy atom. The molecule has 0 aromatic heterocycles. The number of aliphatic hydroxyl groups excluding tert-OH is 1. The molecule has 3 aliphatic rings. The summed E-state index contributed by atoms with van der Waals surface area (Å²) >= 11 is 0. The van der Waals surface area contributed by atoms with Crippen LogP contribution in [0.1, 0.15) is 48.0 Å². The van der Waals surface area contributed by atoms with Gasteiger partial charge in [0.15, 0.2) is 0 Å². The lowest BCUT2D eigenvalue weighted by Gasteiger charge is -2.43. The van der Waals surface area contributed by atoms with Gasteiger partial charge >= 0.3 is 0 Å². The average molecular weight is 476 g/mol. The first kappa shape index (κ1) is 26.4. The molecule has 7 atom stereocenters. The number of carbonyl (C=O) groups is 3. The summed E-state index contributed by atoms with van der Waals surface area (Å²) < 4.78 is 6.72. The van der Waals surface area contributed by atoms with Crippen LogP contribution in [0.25, 0.3) is 0 Å². The number of hydrogen-bond donors (Lipinski definition) is 1. The second kappa shape index (κ2) is 8.79. The smallest absolute Gasteiger partial charge is 0.249 e. The van der Waals surface area contributed by atoms with Crippen molar-refractivity contribution in [2.24, 2.45) is 17.8 Å². The minimum atomic E-state index is -1.13. The Bertz CT molecular complexity index is 882. The van der Waals surface area contributed by atoms with E-state index in [1.807, 2.05) is 34.6 Å². The van der Waals surface area contributed by atoms with Crippen molar-refractivity contribution in [3.05, 3.63) is 25.3 Å². The zero-order valence-corrected chi connectivity index (χ0v) is 21.7. The quantitative estimate of drug-likeness (QED) is 0.541. The summed E-state index contributed by atoms with van der Waals surface area (Å²) in [6.45, 7) is 19.4. The maximum atomic E-state index is 14.2. The molecule has 190 valence electrons. The van der Waals surface area contributed by atoms with E-state index in [2.05, 4.69) is 13.2 Å². The first-order valence-corrected chi connectivity index (χ1v) is 12.1. The second-order valence-corrected chi connectivity index (χ2v) is 11.4. The van der Waals surface area contributed by atoms with E-state index in [9.17, 15) is 19.5 Å². The molecule has 3 amide bonds. The van der Waals surface area contributed by atoms with Gasteiger partial charge in [0.1, 0.15) is 11.6 Å². The standard InChI is InChI=1S/C26H41N3O5/c1-10-12-27(9)21(31)18-19-22(32)29(17(4)15-30)20(23(33)28(13-11-2)24(5,6)7)26(19)14-16(3)25(18,8)34-26/h10-11,16-20,30H,1-2,12-15H2,3-9H3/t16?,17-,18+,19+,20?,25-,26?/m1/s1. The molecule has 0 aromatic rings. The van der Waals surface area contributed by atoms with Crippen LogP contribution in [0.5, 0.6) is 0 Å². The molecule has 3 unspecified atom stereocenters. The molecule has 0 aromatic carbocycles. The SMILES string of the molecule is C=CCN(C)C(=O)[C@@H]1[C@H]2C(=O)N([C@H](C)CO)C(C(=O)N(CC=C)C(C)(C)C)C23CC(C)[C@@]1(C)O3. The molecule has 2 bridgehead atoms. The van der Waals surface area contributed by atoms with Gasteiger partial charge in [0.05, 0.1) is 30.1 Å². The number of hydrogen-bond acceptors (Lipinski definition) is 5. The van der Waals surface area contributed by atoms with Crippen LogP contribution >= 0.6 is 0 Å². The van der Waals surface area contributed by atoms with E-state index >= 15 is 0 Å². The normalized spacial score (nSPS) is 35.2. The highest BCUT2D eigenvalue weighted by Crippen LogP contribution is 2.65. The molecule has 3 rings (SSSR count). The summed E-state index contributed by atoms with van der Waals surface area (Å²) in [5, 5.41) is 10.0. The van der Waals surface area contributed by atoms with Crippen LogP contribution < -0.4 is 0 Å². The number of likely N-dealkylation sites (N-methyl/N-ethyl adjacent to an activating group) is 1. The van der Waals surface area contributed by atoms with E-state index in [0.717, 1.165) is 0 Å². The maximum absolute atomic E-state index is 14.2. The number of rotatable bonds is 8. The average Bonchev–Trinajstić information content (AvgIpc) is 3.26. The first-order valence-electron chi connectivity index (χ1n) is 12.1. The van der Waals surface area contributed by atoms with E-state index in [1.54, 1.807) is 35.9 Å².